The van der Waals surface area contributed by atoms with Gasteiger partial charge in [-0.1, -0.05) is 0 Å². The molecule has 8 nitrogen and oxygen atoms in total. The lowest BCUT2D eigenvalue weighted by atomic mass is 10.1. The third kappa shape index (κ3) is 3.23. The minimum absolute atomic E-state index is 0.139. The molecule has 1 amide bonds. The van der Waals surface area contributed by atoms with Gasteiger partial charge in [-0.2, -0.15) is 0 Å². The molecule has 0 saturated carbocycles. The number of hydrogen-bond acceptors (Lipinski definition) is 7. The number of aliphatic carboxylic acids is 1. The summed E-state index contributed by atoms with van der Waals surface area (Å²) < 4.78 is 16.0. The van der Waals surface area contributed by atoms with Crippen molar-refractivity contribution in [2.75, 3.05) is 26.6 Å². The average molecular weight is 376 g/mol. The van der Waals surface area contributed by atoms with Crippen LogP contribution in [0.4, 0.5) is 0 Å². The summed E-state index contributed by atoms with van der Waals surface area (Å²) in [6.45, 7) is 1.19. The minimum atomic E-state index is -0.955. The van der Waals surface area contributed by atoms with Crippen LogP contribution in [0.1, 0.15) is 16.1 Å². The van der Waals surface area contributed by atoms with Crippen LogP contribution in [-0.2, 0) is 9.53 Å². The van der Waals surface area contributed by atoms with Crippen LogP contribution < -0.4 is 9.47 Å². The zero-order chi connectivity index (χ0) is 18.1. The number of carboxylic acid groups (broad SMARTS) is 1. The topological polar surface area (TPSA) is 98.2 Å². The lowest BCUT2D eigenvalue weighted by Crippen LogP contribution is -2.49. The van der Waals surface area contributed by atoms with Crippen molar-refractivity contribution >= 4 is 23.2 Å². The van der Waals surface area contributed by atoms with Crippen molar-refractivity contribution in [1.82, 2.24) is 9.88 Å². The number of hydrogen-bond donors (Lipinski definition) is 1. The summed E-state index contributed by atoms with van der Waals surface area (Å²) in [7, 11) is 0. The van der Waals surface area contributed by atoms with Gasteiger partial charge in [0.25, 0.3) is 5.91 Å². The first-order chi connectivity index (χ1) is 12.6. The highest BCUT2D eigenvalue weighted by Gasteiger charge is 2.31. The largest absolute Gasteiger partial charge is 0.481 e. The number of ether oxygens (including phenoxy) is 3. The molecule has 0 bridgehead atoms. The van der Waals surface area contributed by atoms with Crippen LogP contribution in [-0.4, -0.2) is 59.5 Å². The fraction of sp³-hybridized carbons (Fsp3) is 0.353. The standard InChI is InChI=1S/C17H16N2O6S/c20-15(21)6-11-8-23-4-3-19(11)17(22)14-7-18-16(26-14)10-1-2-12-13(5-10)25-9-24-12/h1-2,5,7,11H,3-4,6,8-9H2,(H,20,21). The van der Waals surface area contributed by atoms with Crippen LogP contribution in [0.2, 0.25) is 0 Å². The van der Waals surface area contributed by atoms with Crippen molar-refractivity contribution in [3.63, 3.8) is 0 Å². The van der Waals surface area contributed by atoms with Gasteiger partial charge in [0.15, 0.2) is 11.5 Å². The second-order valence-corrected chi connectivity index (χ2v) is 6.95. The Morgan fingerprint density at radius 1 is 1.31 bits per heavy atom. The molecule has 1 saturated heterocycles. The molecule has 1 fully saturated rings. The van der Waals surface area contributed by atoms with Crippen LogP contribution in [0, 0.1) is 0 Å². The van der Waals surface area contributed by atoms with E-state index in [-0.39, 0.29) is 25.7 Å². The molecule has 2 aliphatic rings. The van der Waals surface area contributed by atoms with E-state index >= 15 is 0 Å². The molecular weight excluding hydrogens is 360 g/mol. The van der Waals surface area contributed by atoms with Crippen molar-refractivity contribution in [1.29, 1.82) is 0 Å². The Kier molecular flexibility index (Phi) is 4.48. The van der Waals surface area contributed by atoms with Gasteiger partial charge in [-0.05, 0) is 18.2 Å². The minimum Gasteiger partial charge on any atom is -0.481 e. The summed E-state index contributed by atoms with van der Waals surface area (Å²) >= 11 is 1.27. The lowest BCUT2D eigenvalue weighted by Gasteiger charge is -2.34. The Hall–Kier alpha value is -2.65. The Labute approximate surface area is 152 Å². The highest BCUT2D eigenvalue weighted by Crippen LogP contribution is 2.37. The molecule has 4 rings (SSSR count). The maximum absolute atomic E-state index is 12.8. The zero-order valence-electron chi connectivity index (χ0n) is 13.7. The second-order valence-electron chi connectivity index (χ2n) is 5.92. The highest BCUT2D eigenvalue weighted by molar-refractivity contribution is 7.16. The fourth-order valence-corrected chi connectivity index (χ4v) is 3.84. The zero-order valence-corrected chi connectivity index (χ0v) is 14.5. The van der Waals surface area contributed by atoms with Crippen molar-refractivity contribution < 1.29 is 28.9 Å². The summed E-state index contributed by atoms with van der Waals surface area (Å²) in [6, 6.07) is 5.04. The number of nitrogens with zero attached hydrogens (tertiary/aromatic N) is 2. The van der Waals surface area contributed by atoms with Gasteiger partial charge in [0.1, 0.15) is 9.88 Å². The average Bonchev–Trinajstić information content (AvgIpc) is 3.30. The number of morpholine rings is 1. The number of carboxylic acids is 1. The molecule has 0 aliphatic carbocycles. The lowest BCUT2D eigenvalue weighted by molar-refractivity contribution is -0.139. The number of amides is 1. The van der Waals surface area contributed by atoms with E-state index in [0.29, 0.717) is 34.5 Å². The van der Waals surface area contributed by atoms with Crippen LogP contribution in [0.25, 0.3) is 10.6 Å². The number of benzene rings is 1. The van der Waals surface area contributed by atoms with Gasteiger partial charge >= 0.3 is 5.97 Å². The third-order valence-electron chi connectivity index (χ3n) is 4.23. The number of fused-ring (bicyclic) bond motifs is 1. The Morgan fingerprint density at radius 3 is 3.00 bits per heavy atom. The molecule has 1 unspecified atom stereocenters. The molecule has 2 aromatic rings. The number of carbonyl (C=O) groups is 2. The summed E-state index contributed by atoms with van der Waals surface area (Å²) in [4.78, 5) is 30.2. The van der Waals surface area contributed by atoms with Crippen LogP contribution in [0.3, 0.4) is 0 Å². The van der Waals surface area contributed by atoms with Crippen molar-refractivity contribution in [3.05, 3.63) is 29.3 Å². The van der Waals surface area contributed by atoms with Gasteiger partial charge in [0.2, 0.25) is 6.79 Å². The molecule has 1 N–H and O–H groups in total. The van der Waals surface area contributed by atoms with Crippen LogP contribution in [0.5, 0.6) is 11.5 Å². The maximum Gasteiger partial charge on any atom is 0.305 e. The van der Waals surface area contributed by atoms with Gasteiger partial charge in [-0.3, -0.25) is 9.59 Å². The number of rotatable bonds is 4. The summed E-state index contributed by atoms with van der Waals surface area (Å²) in [5.41, 5.74) is 0.836. The van der Waals surface area contributed by atoms with Gasteiger partial charge in [-0.15, -0.1) is 11.3 Å². The van der Waals surface area contributed by atoms with Gasteiger partial charge in [-0.25, -0.2) is 4.98 Å². The van der Waals surface area contributed by atoms with E-state index in [0.717, 1.165) is 5.56 Å². The number of thiazole rings is 1. The first-order valence-electron chi connectivity index (χ1n) is 8.08. The summed E-state index contributed by atoms with van der Waals surface area (Å²) in [5.74, 6) is 0.166. The van der Waals surface area contributed by atoms with E-state index in [9.17, 15) is 9.59 Å². The molecule has 1 aromatic carbocycles. The second kappa shape index (κ2) is 6.93. The van der Waals surface area contributed by atoms with Gasteiger partial charge in [0, 0.05) is 12.1 Å². The Balaban J connectivity index is 1.55. The SMILES string of the molecule is O=C(O)CC1COCCN1C(=O)c1cnc(-c2ccc3c(c2)OCO3)s1. The van der Waals surface area contributed by atoms with Gasteiger partial charge in [0.05, 0.1) is 31.9 Å². The highest BCUT2D eigenvalue weighted by atomic mass is 32.1. The van der Waals surface area contributed by atoms with Gasteiger partial charge < -0.3 is 24.2 Å². The summed E-state index contributed by atoms with van der Waals surface area (Å²) in [6.07, 6.45) is 1.39. The van der Waals surface area contributed by atoms with Crippen molar-refractivity contribution in [3.8, 4) is 22.1 Å². The maximum atomic E-state index is 12.8. The molecule has 9 heteroatoms. The molecule has 136 valence electrons. The smallest absolute Gasteiger partial charge is 0.305 e. The Morgan fingerprint density at radius 2 is 2.15 bits per heavy atom. The van der Waals surface area contributed by atoms with E-state index in [1.54, 1.807) is 4.90 Å². The molecule has 26 heavy (non-hydrogen) atoms. The molecular formula is C17H16N2O6S. The molecule has 3 heterocycles. The molecule has 2 aliphatic heterocycles. The van der Waals surface area contributed by atoms with E-state index in [1.807, 2.05) is 18.2 Å². The predicted molar refractivity (Wildman–Crippen MR) is 91.6 cm³/mol. The predicted octanol–water partition coefficient (Wildman–Crippen LogP) is 1.85. The quantitative estimate of drug-likeness (QED) is 0.869. The molecule has 1 aromatic heterocycles. The van der Waals surface area contributed by atoms with Crippen LogP contribution >= 0.6 is 11.3 Å². The first kappa shape index (κ1) is 16.8. The van der Waals surface area contributed by atoms with E-state index in [4.69, 9.17) is 19.3 Å². The number of carbonyl (C=O) groups excluding carboxylic acids is 1. The monoisotopic (exact) mass is 376 g/mol. The van der Waals surface area contributed by atoms with Crippen molar-refractivity contribution in [2.45, 2.75) is 12.5 Å². The van der Waals surface area contributed by atoms with E-state index in [2.05, 4.69) is 4.98 Å². The normalized spacial score (nSPS) is 18.8. The van der Waals surface area contributed by atoms with E-state index < -0.39 is 12.0 Å². The van der Waals surface area contributed by atoms with Crippen LogP contribution in [0.15, 0.2) is 24.4 Å². The Bertz CT molecular complexity index is 852. The summed E-state index contributed by atoms with van der Waals surface area (Å²) in [5, 5.41) is 9.73. The molecule has 0 spiro atoms. The third-order valence-corrected chi connectivity index (χ3v) is 5.27. The van der Waals surface area contributed by atoms with E-state index in [1.165, 1.54) is 17.5 Å². The van der Waals surface area contributed by atoms with Crippen molar-refractivity contribution in [2.24, 2.45) is 0 Å². The fourth-order valence-electron chi connectivity index (χ4n) is 2.97. The molecule has 1 atom stereocenters. The number of aromatic nitrogens is 1. The molecule has 0 radical (unpaired) electrons. The first-order valence-corrected chi connectivity index (χ1v) is 8.90.